The number of thiol groups is 1. The summed E-state index contributed by atoms with van der Waals surface area (Å²) < 4.78 is 5.88. The number of fused-ring (bicyclic) bond motifs is 1. The molecule has 3 rings (SSSR count). The second-order valence-corrected chi connectivity index (χ2v) is 7.91. The maximum atomic E-state index is 13.0. The van der Waals surface area contributed by atoms with E-state index in [-0.39, 0.29) is 23.0 Å². The standard InChI is InChI=1S/C17H21NO3S2/c1-2-17(22,21-10-12-6-4-3-5-7-12)16(20)18-9-8-14-15(18)13(19)11-23-14/h3-7,14-15,22H,2,8-11H2,1H3/t14?,15?,17-/m0/s1. The van der Waals surface area contributed by atoms with E-state index >= 15 is 0 Å². The first-order chi connectivity index (χ1) is 11.0. The molecule has 0 spiro atoms. The van der Waals surface area contributed by atoms with Crippen LogP contribution in [0.2, 0.25) is 0 Å². The van der Waals surface area contributed by atoms with E-state index in [4.69, 9.17) is 4.74 Å². The first kappa shape index (κ1) is 16.9. The van der Waals surface area contributed by atoms with Gasteiger partial charge < -0.3 is 9.64 Å². The predicted molar refractivity (Wildman–Crippen MR) is 94.6 cm³/mol. The number of nitrogens with zero attached hydrogens (tertiary/aromatic N) is 1. The van der Waals surface area contributed by atoms with Crippen LogP contribution in [0.25, 0.3) is 0 Å². The van der Waals surface area contributed by atoms with Crippen molar-refractivity contribution in [1.29, 1.82) is 0 Å². The van der Waals surface area contributed by atoms with Crippen molar-refractivity contribution in [2.24, 2.45) is 0 Å². The Morgan fingerprint density at radius 1 is 1.43 bits per heavy atom. The van der Waals surface area contributed by atoms with Gasteiger partial charge in [-0.05, 0) is 18.4 Å². The lowest BCUT2D eigenvalue weighted by Gasteiger charge is -2.33. The molecule has 23 heavy (non-hydrogen) atoms. The fourth-order valence-electron chi connectivity index (χ4n) is 3.14. The number of thioether (sulfide) groups is 1. The number of ketones is 1. The van der Waals surface area contributed by atoms with Crippen LogP contribution in [-0.4, -0.2) is 45.1 Å². The van der Waals surface area contributed by atoms with Crippen molar-refractivity contribution in [3.8, 4) is 0 Å². The molecule has 2 heterocycles. The summed E-state index contributed by atoms with van der Waals surface area (Å²) in [7, 11) is 0. The zero-order chi connectivity index (χ0) is 16.4. The summed E-state index contributed by atoms with van der Waals surface area (Å²) in [6, 6.07) is 9.44. The molecule has 0 saturated carbocycles. The van der Waals surface area contributed by atoms with Crippen molar-refractivity contribution in [2.75, 3.05) is 12.3 Å². The van der Waals surface area contributed by atoms with Gasteiger partial charge in [0.25, 0.3) is 5.91 Å². The van der Waals surface area contributed by atoms with Gasteiger partial charge in [-0.15, -0.1) is 24.4 Å². The summed E-state index contributed by atoms with van der Waals surface area (Å²) in [5.41, 5.74) is 0.999. The van der Waals surface area contributed by atoms with Gasteiger partial charge in [-0.2, -0.15) is 0 Å². The number of carbonyl (C=O) groups excluding carboxylic acids is 2. The minimum atomic E-state index is -1.18. The van der Waals surface area contributed by atoms with Crippen LogP contribution in [0, 0.1) is 0 Å². The van der Waals surface area contributed by atoms with Crippen molar-refractivity contribution < 1.29 is 14.3 Å². The average Bonchev–Trinajstić information content (AvgIpc) is 3.16. The highest BCUT2D eigenvalue weighted by molar-refractivity contribution is 8.01. The Bertz CT molecular complexity index is 595. The number of hydrogen-bond donors (Lipinski definition) is 1. The van der Waals surface area contributed by atoms with Gasteiger partial charge >= 0.3 is 0 Å². The lowest BCUT2D eigenvalue weighted by molar-refractivity contribution is -0.151. The zero-order valence-corrected chi connectivity index (χ0v) is 14.8. The third-order valence-corrected chi connectivity index (χ3v) is 6.52. The van der Waals surface area contributed by atoms with Crippen LogP contribution in [0.1, 0.15) is 25.3 Å². The van der Waals surface area contributed by atoms with Gasteiger partial charge in [-0.25, -0.2) is 0 Å². The summed E-state index contributed by atoms with van der Waals surface area (Å²) in [6.07, 6.45) is 1.33. The monoisotopic (exact) mass is 351 g/mol. The highest BCUT2D eigenvalue weighted by Gasteiger charge is 2.50. The fraction of sp³-hybridized carbons (Fsp3) is 0.529. The Morgan fingerprint density at radius 3 is 2.87 bits per heavy atom. The molecule has 2 saturated heterocycles. The van der Waals surface area contributed by atoms with Crippen LogP contribution < -0.4 is 0 Å². The molecule has 1 amide bonds. The van der Waals surface area contributed by atoms with Gasteiger partial charge in [0.05, 0.1) is 12.4 Å². The molecule has 2 aliphatic rings. The number of rotatable bonds is 5. The van der Waals surface area contributed by atoms with E-state index in [2.05, 4.69) is 12.6 Å². The van der Waals surface area contributed by atoms with Crippen LogP contribution in [-0.2, 0) is 20.9 Å². The smallest absolute Gasteiger partial charge is 0.265 e. The minimum Gasteiger partial charge on any atom is -0.350 e. The Labute approximate surface area is 146 Å². The minimum absolute atomic E-state index is 0.153. The molecule has 1 aromatic carbocycles. The first-order valence-electron chi connectivity index (χ1n) is 7.91. The van der Waals surface area contributed by atoms with E-state index in [0.29, 0.717) is 25.3 Å². The van der Waals surface area contributed by atoms with Crippen molar-refractivity contribution >= 4 is 36.1 Å². The van der Waals surface area contributed by atoms with Crippen LogP contribution in [0.3, 0.4) is 0 Å². The topological polar surface area (TPSA) is 46.6 Å². The fourth-order valence-corrected chi connectivity index (χ4v) is 4.63. The summed E-state index contributed by atoms with van der Waals surface area (Å²) in [6.45, 7) is 2.83. The quantitative estimate of drug-likeness (QED) is 0.654. The normalized spacial score (nSPS) is 26.2. The molecule has 0 N–H and O–H groups in total. The van der Waals surface area contributed by atoms with Crippen LogP contribution in [0.5, 0.6) is 0 Å². The molecule has 6 heteroatoms. The third-order valence-electron chi connectivity index (χ3n) is 4.51. The molecule has 0 bridgehead atoms. The second kappa shape index (κ2) is 6.87. The average molecular weight is 351 g/mol. The van der Waals surface area contributed by atoms with E-state index in [1.165, 1.54) is 0 Å². The SMILES string of the molecule is CC[C@@](S)(OCc1ccccc1)C(=O)N1CCC2SCC(=O)C21. The Morgan fingerprint density at radius 2 is 2.17 bits per heavy atom. The number of hydrogen-bond acceptors (Lipinski definition) is 5. The molecule has 1 aromatic rings. The number of ether oxygens (including phenoxy) is 1. The van der Waals surface area contributed by atoms with Gasteiger partial charge in [-0.1, -0.05) is 37.3 Å². The third kappa shape index (κ3) is 3.30. The summed E-state index contributed by atoms with van der Waals surface area (Å²) in [4.78, 5) is 25.6. The van der Waals surface area contributed by atoms with E-state index < -0.39 is 4.93 Å². The first-order valence-corrected chi connectivity index (χ1v) is 9.40. The van der Waals surface area contributed by atoms with Crippen molar-refractivity contribution in [2.45, 2.75) is 42.6 Å². The molecular weight excluding hydrogens is 330 g/mol. The molecular formula is C17H21NO3S2. The van der Waals surface area contributed by atoms with Gasteiger partial charge in [0.2, 0.25) is 0 Å². The lowest BCUT2D eigenvalue weighted by atomic mass is 10.1. The number of carbonyl (C=O) groups is 2. The number of likely N-dealkylation sites (tertiary alicyclic amines) is 1. The summed E-state index contributed by atoms with van der Waals surface area (Å²) >= 11 is 6.21. The van der Waals surface area contributed by atoms with Gasteiger partial charge in [0.15, 0.2) is 10.7 Å². The molecule has 4 nitrogen and oxygen atoms in total. The highest BCUT2D eigenvalue weighted by atomic mass is 32.2. The molecule has 0 radical (unpaired) electrons. The van der Waals surface area contributed by atoms with Crippen LogP contribution in [0.15, 0.2) is 30.3 Å². The lowest BCUT2D eigenvalue weighted by Crippen LogP contribution is -2.51. The second-order valence-electron chi connectivity index (χ2n) is 5.96. The summed E-state index contributed by atoms with van der Waals surface area (Å²) in [5, 5.41) is 0.245. The molecule has 0 aliphatic carbocycles. The van der Waals surface area contributed by atoms with E-state index in [1.807, 2.05) is 37.3 Å². The molecule has 2 aliphatic heterocycles. The molecule has 124 valence electrons. The zero-order valence-electron chi connectivity index (χ0n) is 13.1. The van der Waals surface area contributed by atoms with Gasteiger partial charge in [-0.3, -0.25) is 9.59 Å². The Kier molecular flexibility index (Phi) is 5.04. The predicted octanol–water partition coefficient (Wildman–Crippen LogP) is 2.52. The molecule has 0 aromatic heterocycles. The van der Waals surface area contributed by atoms with Crippen LogP contribution in [0.4, 0.5) is 0 Å². The van der Waals surface area contributed by atoms with E-state index in [0.717, 1.165) is 12.0 Å². The van der Waals surface area contributed by atoms with E-state index in [9.17, 15) is 9.59 Å². The molecule has 3 atom stereocenters. The number of Topliss-reactive ketones (excluding diaryl/α,β-unsaturated/α-hetero) is 1. The highest BCUT2D eigenvalue weighted by Crippen LogP contribution is 2.38. The van der Waals surface area contributed by atoms with Crippen molar-refractivity contribution in [3.05, 3.63) is 35.9 Å². The number of benzene rings is 1. The number of amides is 1. The molecule has 2 fully saturated rings. The van der Waals surface area contributed by atoms with Gasteiger partial charge in [0.1, 0.15) is 6.04 Å². The summed E-state index contributed by atoms with van der Waals surface area (Å²) in [5.74, 6) is 0.485. The maximum Gasteiger partial charge on any atom is 0.265 e. The molecule has 2 unspecified atom stereocenters. The maximum absolute atomic E-state index is 13.0. The largest absolute Gasteiger partial charge is 0.350 e. The Hall–Kier alpha value is -0.980. The van der Waals surface area contributed by atoms with Crippen LogP contribution >= 0.6 is 24.4 Å². The van der Waals surface area contributed by atoms with Crippen molar-refractivity contribution in [3.63, 3.8) is 0 Å². The van der Waals surface area contributed by atoms with Crippen molar-refractivity contribution in [1.82, 2.24) is 4.90 Å². The Balaban J connectivity index is 1.71. The van der Waals surface area contributed by atoms with Gasteiger partial charge in [0, 0.05) is 11.8 Å². The van der Waals surface area contributed by atoms with E-state index in [1.54, 1.807) is 16.7 Å².